The second kappa shape index (κ2) is 6.11. The van der Waals surface area contributed by atoms with Crippen molar-refractivity contribution in [1.29, 1.82) is 0 Å². The van der Waals surface area contributed by atoms with Crippen molar-refractivity contribution in [2.45, 2.75) is 0 Å². The minimum Gasteiger partial charge on any atom is -0.380 e. The fourth-order valence-electron chi connectivity index (χ4n) is 2.71. The van der Waals surface area contributed by atoms with Gasteiger partial charge in [-0.25, -0.2) is 9.97 Å². The number of fused-ring (bicyclic) bond motifs is 1. The number of nitrogen functional groups attached to an aromatic ring is 1. The number of rotatable bonds is 2. The number of nitrogens with zero attached hydrogens (tertiary/aromatic N) is 3. The van der Waals surface area contributed by atoms with E-state index >= 15 is 0 Å². The summed E-state index contributed by atoms with van der Waals surface area (Å²) in [4.78, 5) is 12.5. The Hall–Kier alpha value is -3.05. The minimum atomic E-state index is -0.808. The fourth-order valence-corrected chi connectivity index (χ4v) is 2.99. The summed E-state index contributed by atoms with van der Waals surface area (Å²) in [5.41, 5.74) is 8.64. The first-order valence-electron chi connectivity index (χ1n) is 7.56. The van der Waals surface area contributed by atoms with E-state index in [2.05, 4.69) is 15.0 Å². The predicted octanol–water partition coefficient (Wildman–Crippen LogP) is 4.73. The summed E-state index contributed by atoms with van der Waals surface area (Å²) in [6.45, 7) is 0. The number of anilines is 1. The van der Waals surface area contributed by atoms with E-state index in [1.165, 1.54) is 0 Å². The van der Waals surface area contributed by atoms with Crippen LogP contribution in [0.3, 0.4) is 0 Å². The number of nitrogens with two attached hydrogens (primary N) is 1. The molecule has 2 aromatic heterocycles. The average Bonchev–Trinajstić information content (AvgIpc) is 2.64. The summed E-state index contributed by atoms with van der Waals surface area (Å²) in [5, 5.41) is 1.30. The highest BCUT2D eigenvalue weighted by Crippen LogP contribution is 2.34. The largest absolute Gasteiger partial charge is 0.380 e. The van der Waals surface area contributed by atoms with Gasteiger partial charge in [-0.1, -0.05) is 48.0 Å². The van der Waals surface area contributed by atoms with Crippen molar-refractivity contribution in [3.05, 3.63) is 71.8 Å². The highest BCUT2D eigenvalue weighted by molar-refractivity contribution is 6.35. The predicted molar refractivity (Wildman–Crippen MR) is 97.6 cm³/mol. The van der Waals surface area contributed by atoms with Gasteiger partial charge in [0, 0.05) is 22.7 Å². The van der Waals surface area contributed by atoms with Gasteiger partial charge in [-0.2, -0.15) is 4.39 Å². The van der Waals surface area contributed by atoms with Gasteiger partial charge in [0.05, 0.1) is 16.2 Å². The van der Waals surface area contributed by atoms with Crippen LogP contribution in [0.4, 0.5) is 10.2 Å². The molecule has 0 saturated heterocycles. The molecule has 0 aliphatic rings. The Kier molecular flexibility index (Phi) is 3.78. The summed E-state index contributed by atoms with van der Waals surface area (Å²) in [5.74, 6) is -1.05. The molecule has 0 radical (unpaired) electrons. The fraction of sp³-hybridized carbons (Fsp3) is 0. The first-order chi connectivity index (χ1) is 12.1. The van der Waals surface area contributed by atoms with Crippen molar-refractivity contribution in [3.63, 3.8) is 0 Å². The molecule has 6 heteroatoms. The van der Waals surface area contributed by atoms with Crippen LogP contribution in [0.15, 0.2) is 60.8 Å². The number of hydrogen-bond donors (Lipinski definition) is 1. The van der Waals surface area contributed by atoms with E-state index in [1.54, 1.807) is 12.3 Å². The first-order valence-corrected chi connectivity index (χ1v) is 7.94. The third kappa shape index (κ3) is 2.79. The normalized spacial score (nSPS) is 11.0. The van der Waals surface area contributed by atoms with Gasteiger partial charge in [0.25, 0.3) is 5.95 Å². The molecule has 122 valence electrons. The molecule has 2 aromatic carbocycles. The zero-order valence-electron chi connectivity index (χ0n) is 12.9. The molecular formula is C19H12ClFN4. The lowest BCUT2D eigenvalue weighted by Gasteiger charge is -2.11. The van der Waals surface area contributed by atoms with Crippen LogP contribution in [0.1, 0.15) is 0 Å². The standard InChI is InChI=1S/C19H12ClFN4/c20-14-10-13(9-12-7-4-8-23-15(12)14)17-16(11-5-2-1-3-6-11)25-19(22)18(21)24-17/h1-10H,(H2,22,25). The molecule has 0 amide bonds. The lowest BCUT2D eigenvalue weighted by Crippen LogP contribution is -2.03. The highest BCUT2D eigenvalue weighted by Gasteiger charge is 2.16. The van der Waals surface area contributed by atoms with E-state index in [1.807, 2.05) is 48.5 Å². The van der Waals surface area contributed by atoms with Crippen molar-refractivity contribution in [1.82, 2.24) is 15.0 Å². The van der Waals surface area contributed by atoms with Gasteiger partial charge in [-0.15, -0.1) is 0 Å². The summed E-state index contributed by atoms with van der Waals surface area (Å²) in [6.07, 6.45) is 1.67. The van der Waals surface area contributed by atoms with E-state index in [9.17, 15) is 4.39 Å². The molecular weight excluding hydrogens is 339 g/mol. The number of pyridine rings is 1. The molecule has 4 rings (SSSR count). The number of benzene rings is 2. The lowest BCUT2D eigenvalue weighted by molar-refractivity contribution is 0.585. The zero-order valence-corrected chi connectivity index (χ0v) is 13.7. The highest BCUT2D eigenvalue weighted by atomic mass is 35.5. The molecule has 0 bridgehead atoms. The van der Waals surface area contributed by atoms with Crippen molar-refractivity contribution in [2.24, 2.45) is 0 Å². The molecule has 2 N–H and O–H groups in total. The Bertz CT molecular complexity index is 1080. The Morgan fingerprint density at radius 3 is 2.44 bits per heavy atom. The van der Waals surface area contributed by atoms with Crippen LogP contribution in [0.25, 0.3) is 33.4 Å². The molecule has 2 heterocycles. The van der Waals surface area contributed by atoms with Gasteiger partial charge in [0.2, 0.25) is 0 Å². The molecule has 4 aromatic rings. The van der Waals surface area contributed by atoms with E-state index < -0.39 is 5.95 Å². The Labute approximate surface area is 148 Å². The maximum absolute atomic E-state index is 14.0. The van der Waals surface area contributed by atoms with Gasteiger partial charge in [-0.3, -0.25) is 4.98 Å². The molecule has 0 aliphatic heterocycles. The Morgan fingerprint density at radius 1 is 0.880 bits per heavy atom. The van der Waals surface area contributed by atoms with E-state index in [4.69, 9.17) is 17.3 Å². The van der Waals surface area contributed by atoms with Crippen LogP contribution >= 0.6 is 11.6 Å². The van der Waals surface area contributed by atoms with Crippen LogP contribution in [-0.2, 0) is 0 Å². The summed E-state index contributed by atoms with van der Waals surface area (Å²) in [7, 11) is 0. The van der Waals surface area contributed by atoms with Gasteiger partial charge in [0.1, 0.15) is 5.69 Å². The third-order valence-electron chi connectivity index (χ3n) is 3.86. The number of aromatic nitrogens is 3. The van der Waals surface area contributed by atoms with Crippen LogP contribution in [0.5, 0.6) is 0 Å². The summed E-state index contributed by atoms with van der Waals surface area (Å²) >= 11 is 6.35. The third-order valence-corrected chi connectivity index (χ3v) is 4.15. The van der Waals surface area contributed by atoms with Gasteiger partial charge < -0.3 is 5.73 Å². The lowest BCUT2D eigenvalue weighted by atomic mass is 10.0. The molecule has 0 fully saturated rings. The molecule has 0 spiro atoms. The smallest absolute Gasteiger partial charge is 0.256 e. The number of hydrogen-bond acceptors (Lipinski definition) is 4. The topological polar surface area (TPSA) is 64.7 Å². The molecule has 4 nitrogen and oxygen atoms in total. The molecule has 25 heavy (non-hydrogen) atoms. The van der Waals surface area contributed by atoms with E-state index in [-0.39, 0.29) is 5.82 Å². The van der Waals surface area contributed by atoms with Crippen molar-refractivity contribution in [2.75, 3.05) is 5.73 Å². The van der Waals surface area contributed by atoms with E-state index in [0.29, 0.717) is 27.5 Å². The van der Waals surface area contributed by atoms with E-state index in [0.717, 1.165) is 10.9 Å². The average molecular weight is 351 g/mol. The quantitative estimate of drug-likeness (QED) is 0.567. The van der Waals surface area contributed by atoms with Crippen LogP contribution in [0.2, 0.25) is 5.02 Å². The molecule has 0 unspecified atom stereocenters. The molecule has 0 aliphatic carbocycles. The van der Waals surface area contributed by atoms with Crippen LogP contribution in [-0.4, -0.2) is 15.0 Å². The monoisotopic (exact) mass is 350 g/mol. The maximum atomic E-state index is 14.0. The molecule has 0 saturated carbocycles. The zero-order chi connectivity index (χ0) is 17.4. The Morgan fingerprint density at radius 2 is 1.64 bits per heavy atom. The number of halogens is 2. The second-order valence-corrected chi connectivity index (χ2v) is 5.90. The van der Waals surface area contributed by atoms with Crippen LogP contribution in [0, 0.1) is 5.95 Å². The van der Waals surface area contributed by atoms with Gasteiger partial charge in [0.15, 0.2) is 5.82 Å². The Balaban J connectivity index is 2.01. The van der Waals surface area contributed by atoms with Gasteiger partial charge in [-0.05, 0) is 18.2 Å². The summed E-state index contributed by atoms with van der Waals surface area (Å²) in [6, 6.07) is 16.7. The van der Waals surface area contributed by atoms with Crippen molar-refractivity contribution in [3.8, 4) is 22.5 Å². The van der Waals surface area contributed by atoms with Gasteiger partial charge >= 0.3 is 0 Å². The van der Waals surface area contributed by atoms with Crippen molar-refractivity contribution >= 4 is 28.3 Å². The maximum Gasteiger partial charge on any atom is 0.256 e. The van der Waals surface area contributed by atoms with Crippen molar-refractivity contribution < 1.29 is 4.39 Å². The SMILES string of the molecule is Nc1nc(-c2ccccc2)c(-c2cc(Cl)c3ncccc3c2)nc1F. The molecule has 0 atom stereocenters. The summed E-state index contributed by atoms with van der Waals surface area (Å²) < 4.78 is 14.0. The second-order valence-electron chi connectivity index (χ2n) is 5.50. The minimum absolute atomic E-state index is 0.240. The van der Waals surface area contributed by atoms with Crippen LogP contribution < -0.4 is 5.73 Å². The first kappa shape index (κ1) is 15.5.